The number of rotatable bonds is 3. The lowest BCUT2D eigenvalue weighted by Gasteiger charge is -2.23. The van der Waals surface area contributed by atoms with E-state index in [0.717, 1.165) is 17.1 Å². The quantitative estimate of drug-likeness (QED) is 0.790. The molecule has 3 heterocycles. The minimum Gasteiger partial charge on any atom is -0.340 e. The number of carbonyl (C=O) groups excluding carboxylic acids is 3. The average molecular weight is 338 g/mol. The fraction of sp³-hybridized carbons (Fsp3) is 0.533. The maximum atomic E-state index is 12.4. The van der Waals surface area contributed by atoms with Crippen LogP contribution in [0.25, 0.3) is 0 Å². The predicted molar refractivity (Wildman–Crippen MR) is 86.7 cm³/mol. The van der Waals surface area contributed by atoms with Gasteiger partial charge >= 0.3 is 0 Å². The molecule has 2 aliphatic rings. The molecule has 7 heteroatoms. The summed E-state index contributed by atoms with van der Waals surface area (Å²) in [6.45, 7) is 1.28. The van der Waals surface area contributed by atoms with E-state index in [-0.39, 0.29) is 37.1 Å². The molecule has 2 fully saturated rings. The molecule has 2 saturated heterocycles. The van der Waals surface area contributed by atoms with Crippen LogP contribution in [0.2, 0.25) is 0 Å². The zero-order valence-corrected chi connectivity index (χ0v) is 13.8. The smallest absolute Gasteiger partial charge is 0.242 e. The second-order valence-electron chi connectivity index (χ2n) is 5.42. The summed E-state index contributed by atoms with van der Waals surface area (Å²) >= 11 is 3.63. The molecule has 1 atom stereocenters. The number of imide groups is 1. The van der Waals surface area contributed by atoms with Crippen LogP contribution < -0.4 is 0 Å². The normalized spacial score (nSPS) is 23.0. The molecular formula is C15H18N2O3S2. The highest BCUT2D eigenvalue weighted by atomic mass is 32.2. The van der Waals surface area contributed by atoms with Crippen LogP contribution in [0, 0.1) is 0 Å². The van der Waals surface area contributed by atoms with E-state index in [1.807, 2.05) is 11.8 Å². The average Bonchev–Trinajstić information content (AvgIpc) is 3.06. The Morgan fingerprint density at radius 2 is 2.00 bits per heavy atom. The van der Waals surface area contributed by atoms with Gasteiger partial charge in [-0.2, -0.15) is 11.8 Å². The van der Waals surface area contributed by atoms with Crippen LogP contribution in [0.5, 0.6) is 0 Å². The van der Waals surface area contributed by atoms with Crippen LogP contribution in [0.15, 0.2) is 17.5 Å². The fourth-order valence-electron chi connectivity index (χ4n) is 2.76. The van der Waals surface area contributed by atoms with Gasteiger partial charge in [0.15, 0.2) is 0 Å². The van der Waals surface area contributed by atoms with Crippen molar-refractivity contribution in [3.05, 3.63) is 22.4 Å². The molecule has 22 heavy (non-hydrogen) atoms. The summed E-state index contributed by atoms with van der Waals surface area (Å²) in [4.78, 5) is 39.8. The molecule has 2 aliphatic heterocycles. The number of hydrogen-bond donors (Lipinski definition) is 0. The summed E-state index contributed by atoms with van der Waals surface area (Å²) in [6.07, 6.45) is 1.39. The Hall–Kier alpha value is -1.34. The van der Waals surface area contributed by atoms with Crippen molar-refractivity contribution in [1.29, 1.82) is 0 Å². The first-order valence-corrected chi connectivity index (χ1v) is 9.34. The highest BCUT2D eigenvalue weighted by molar-refractivity contribution is 7.99. The Balaban J connectivity index is 1.57. The summed E-state index contributed by atoms with van der Waals surface area (Å²) in [5.74, 6) is 0.324. The Bertz CT molecular complexity index is 557. The van der Waals surface area contributed by atoms with Crippen molar-refractivity contribution in [2.45, 2.75) is 24.5 Å². The van der Waals surface area contributed by atoms with Gasteiger partial charge in [-0.15, -0.1) is 11.3 Å². The van der Waals surface area contributed by atoms with E-state index in [1.165, 1.54) is 4.88 Å². The molecule has 0 aliphatic carbocycles. The SMILES string of the molecule is O=C(CN1C(=O)CCC1=O)N1CCS[C@H](c2cccs2)CC1. The van der Waals surface area contributed by atoms with Gasteiger partial charge in [-0.05, 0) is 17.9 Å². The number of nitrogens with zero attached hydrogens (tertiary/aromatic N) is 2. The predicted octanol–water partition coefficient (Wildman–Crippen LogP) is 1.90. The van der Waals surface area contributed by atoms with Gasteiger partial charge in [0, 0.05) is 41.8 Å². The van der Waals surface area contributed by atoms with Gasteiger partial charge in [0.25, 0.3) is 0 Å². The van der Waals surface area contributed by atoms with E-state index in [4.69, 9.17) is 0 Å². The van der Waals surface area contributed by atoms with Crippen LogP contribution in [-0.2, 0) is 14.4 Å². The molecule has 3 amide bonds. The van der Waals surface area contributed by atoms with Crippen molar-refractivity contribution < 1.29 is 14.4 Å². The Labute approximate surface area is 137 Å². The first-order chi connectivity index (χ1) is 10.6. The Morgan fingerprint density at radius 3 is 2.68 bits per heavy atom. The van der Waals surface area contributed by atoms with E-state index in [2.05, 4.69) is 17.5 Å². The van der Waals surface area contributed by atoms with Crippen LogP contribution >= 0.6 is 23.1 Å². The van der Waals surface area contributed by atoms with Crippen molar-refractivity contribution in [3.63, 3.8) is 0 Å². The van der Waals surface area contributed by atoms with Crippen molar-refractivity contribution in [2.24, 2.45) is 0 Å². The van der Waals surface area contributed by atoms with Crippen molar-refractivity contribution in [3.8, 4) is 0 Å². The molecule has 0 aromatic carbocycles. The van der Waals surface area contributed by atoms with Crippen molar-refractivity contribution in [2.75, 3.05) is 25.4 Å². The maximum absolute atomic E-state index is 12.4. The summed E-state index contributed by atoms with van der Waals surface area (Å²) in [5.41, 5.74) is 0. The fourth-order valence-corrected chi connectivity index (χ4v) is 4.99. The minimum absolute atomic E-state index is 0.0913. The third-order valence-corrected chi connectivity index (χ3v) is 6.45. The first kappa shape index (κ1) is 15.6. The van der Waals surface area contributed by atoms with Crippen LogP contribution in [0.4, 0.5) is 0 Å². The van der Waals surface area contributed by atoms with Crippen LogP contribution in [-0.4, -0.2) is 52.9 Å². The zero-order chi connectivity index (χ0) is 15.5. The standard InChI is InChI=1S/C15H18N2O3S2/c18-13-3-4-14(19)17(13)10-15(20)16-6-5-12(22-9-7-16)11-2-1-8-21-11/h1-2,8,12H,3-7,9-10H2/t12-/m0/s1. The second kappa shape index (κ2) is 6.83. The summed E-state index contributed by atoms with van der Waals surface area (Å²) in [6, 6.07) is 4.19. The number of hydrogen-bond acceptors (Lipinski definition) is 5. The molecule has 0 spiro atoms. The number of thioether (sulfide) groups is 1. The zero-order valence-electron chi connectivity index (χ0n) is 12.2. The highest BCUT2D eigenvalue weighted by Gasteiger charge is 2.32. The summed E-state index contributed by atoms with van der Waals surface area (Å²) in [7, 11) is 0. The molecule has 3 rings (SSSR count). The lowest BCUT2D eigenvalue weighted by Crippen LogP contribution is -2.43. The van der Waals surface area contributed by atoms with E-state index >= 15 is 0 Å². The van der Waals surface area contributed by atoms with Gasteiger partial charge in [0.2, 0.25) is 17.7 Å². The number of amides is 3. The third-order valence-electron chi connectivity index (χ3n) is 4.00. The van der Waals surface area contributed by atoms with Crippen LogP contribution in [0.1, 0.15) is 29.4 Å². The van der Waals surface area contributed by atoms with E-state index in [1.54, 1.807) is 16.2 Å². The topological polar surface area (TPSA) is 57.7 Å². The molecule has 0 unspecified atom stereocenters. The Morgan fingerprint density at radius 1 is 1.23 bits per heavy atom. The molecule has 0 N–H and O–H groups in total. The largest absolute Gasteiger partial charge is 0.340 e. The van der Waals surface area contributed by atoms with Gasteiger partial charge in [-0.25, -0.2) is 0 Å². The van der Waals surface area contributed by atoms with Gasteiger partial charge in [0.05, 0.1) is 0 Å². The van der Waals surface area contributed by atoms with Gasteiger partial charge in [0.1, 0.15) is 6.54 Å². The molecular weight excluding hydrogens is 320 g/mol. The van der Waals surface area contributed by atoms with Crippen LogP contribution in [0.3, 0.4) is 0 Å². The van der Waals surface area contributed by atoms with Crippen molar-refractivity contribution in [1.82, 2.24) is 9.80 Å². The molecule has 1 aromatic rings. The second-order valence-corrected chi connectivity index (χ2v) is 7.71. The van der Waals surface area contributed by atoms with Gasteiger partial charge < -0.3 is 4.90 Å². The summed E-state index contributed by atoms with van der Waals surface area (Å²) < 4.78 is 0. The lowest BCUT2D eigenvalue weighted by atomic mass is 10.2. The molecule has 0 bridgehead atoms. The first-order valence-electron chi connectivity index (χ1n) is 7.41. The molecule has 0 radical (unpaired) electrons. The maximum Gasteiger partial charge on any atom is 0.242 e. The lowest BCUT2D eigenvalue weighted by molar-refractivity contribution is -0.145. The van der Waals surface area contributed by atoms with Crippen molar-refractivity contribution >= 4 is 40.8 Å². The third kappa shape index (κ3) is 3.35. The van der Waals surface area contributed by atoms with E-state index in [9.17, 15) is 14.4 Å². The monoisotopic (exact) mass is 338 g/mol. The molecule has 1 aromatic heterocycles. The van der Waals surface area contributed by atoms with Gasteiger partial charge in [-0.3, -0.25) is 19.3 Å². The summed E-state index contributed by atoms with van der Waals surface area (Å²) in [5, 5.41) is 2.52. The highest BCUT2D eigenvalue weighted by Crippen LogP contribution is 2.36. The molecule has 118 valence electrons. The van der Waals surface area contributed by atoms with E-state index < -0.39 is 0 Å². The minimum atomic E-state index is -0.223. The number of thiophene rings is 1. The number of likely N-dealkylation sites (tertiary alicyclic amines) is 1. The molecule has 5 nitrogen and oxygen atoms in total. The number of carbonyl (C=O) groups is 3. The Kier molecular flexibility index (Phi) is 4.83. The van der Waals surface area contributed by atoms with Gasteiger partial charge in [-0.1, -0.05) is 6.07 Å². The molecule has 0 saturated carbocycles. The van der Waals surface area contributed by atoms with E-state index in [0.29, 0.717) is 18.3 Å².